The maximum atomic E-state index is 2.72. The molecule has 0 aromatic carbocycles. The van der Waals surface area contributed by atoms with E-state index in [0.29, 0.717) is 11.0 Å². The van der Waals surface area contributed by atoms with Crippen molar-refractivity contribution in [3.63, 3.8) is 0 Å². The predicted octanol–water partition coefficient (Wildman–Crippen LogP) is 2.91. The smallest absolute Gasteiger partial charge is 0.0351 e. The Bertz CT molecular complexity index is 312. The Kier molecular flexibility index (Phi) is 5.38. The van der Waals surface area contributed by atoms with Gasteiger partial charge in [0.25, 0.3) is 0 Å². The van der Waals surface area contributed by atoms with E-state index in [-0.39, 0.29) is 0 Å². The average Bonchev–Trinajstić information content (AvgIpc) is 2.30. The topological polar surface area (TPSA) is 9.72 Å². The van der Waals surface area contributed by atoms with E-state index < -0.39 is 0 Å². The fraction of sp³-hybridized carbons (Fsp3) is 1.00. The molecule has 2 heterocycles. The Morgan fingerprint density at radius 3 is 1.90 bits per heavy atom. The third-order valence-corrected chi connectivity index (χ3v) is 5.12. The van der Waals surface area contributed by atoms with E-state index in [0.717, 1.165) is 6.04 Å². The monoisotopic (exact) mass is 295 g/mol. The third kappa shape index (κ3) is 5.22. The molecule has 0 amide bonds. The minimum Gasteiger partial charge on any atom is -0.300 e. The molecule has 2 fully saturated rings. The molecule has 0 aromatic rings. The lowest BCUT2D eigenvalue weighted by atomic mass is 9.90. The Morgan fingerprint density at radius 1 is 0.857 bits per heavy atom. The van der Waals surface area contributed by atoms with Gasteiger partial charge >= 0.3 is 0 Å². The second kappa shape index (κ2) is 6.55. The van der Waals surface area contributed by atoms with Crippen LogP contribution in [0.4, 0.5) is 0 Å². The van der Waals surface area contributed by atoms with Crippen LogP contribution >= 0.6 is 0 Å². The fourth-order valence-corrected chi connectivity index (χ4v) is 3.55. The number of piperazine rings is 1. The summed E-state index contributed by atoms with van der Waals surface area (Å²) in [6.45, 7) is 23.0. The van der Waals surface area contributed by atoms with Crippen molar-refractivity contribution in [1.29, 1.82) is 0 Å². The maximum absolute atomic E-state index is 2.72. The number of hydrogen-bond acceptors (Lipinski definition) is 3. The SMILES string of the molecule is CC(C)(C)CCCN1CC(N2CCN(C(C)(C)C)CC2)C1. The van der Waals surface area contributed by atoms with Crippen LogP contribution in [0.15, 0.2) is 0 Å². The molecule has 3 nitrogen and oxygen atoms in total. The molecule has 0 N–H and O–H groups in total. The quantitative estimate of drug-likeness (QED) is 0.789. The molecule has 0 unspecified atom stereocenters. The third-order valence-electron chi connectivity index (χ3n) is 5.12. The average molecular weight is 296 g/mol. The van der Waals surface area contributed by atoms with Crippen LogP contribution in [-0.2, 0) is 0 Å². The minimum atomic E-state index is 0.338. The van der Waals surface area contributed by atoms with Gasteiger partial charge in [-0.1, -0.05) is 20.8 Å². The van der Waals surface area contributed by atoms with Gasteiger partial charge in [0.2, 0.25) is 0 Å². The first-order chi connectivity index (χ1) is 9.65. The Balaban J connectivity index is 1.61. The van der Waals surface area contributed by atoms with Crippen molar-refractivity contribution in [1.82, 2.24) is 14.7 Å². The first-order valence-electron chi connectivity index (χ1n) is 8.87. The minimum absolute atomic E-state index is 0.338. The van der Waals surface area contributed by atoms with Crippen molar-refractivity contribution in [2.75, 3.05) is 45.8 Å². The Labute approximate surface area is 132 Å². The van der Waals surface area contributed by atoms with E-state index in [4.69, 9.17) is 0 Å². The molecule has 0 aromatic heterocycles. The molecule has 0 bridgehead atoms. The summed E-state index contributed by atoms with van der Waals surface area (Å²) in [5.41, 5.74) is 0.832. The van der Waals surface area contributed by atoms with E-state index >= 15 is 0 Å². The van der Waals surface area contributed by atoms with Crippen molar-refractivity contribution in [2.45, 2.75) is 66.0 Å². The van der Waals surface area contributed by atoms with Crippen molar-refractivity contribution in [3.8, 4) is 0 Å². The van der Waals surface area contributed by atoms with Crippen LogP contribution in [0, 0.1) is 5.41 Å². The van der Waals surface area contributed by atoms with Crippen LogP contribution in [0.2, 0.25) is 0 Å². The summed E-state index contributed by atoms with van der Waals surface area (Å²) in [5, 5.41) is 0. The van der Waals surface area contributed by atoms with Gasteiger partial charge in [-0.15, -0.1) is 0 Å². The van der Waals surface area contributed by atoms with Crippen LogP contribution in [-0.4, -0.2) is 72.1 Å². The largest absolute Gasteiger partial charge is 0.300 e. The van der Waals surface area contributed by atoms with E-state index in [9.17, 15) is 0 Å². The molecule has 2 aliphatic heterocycles. The van der Waals surface area contributed by atoms with Gasteiger partial charge in [-0.3, -0.25) is 9.80 Å². The van der Waals surface area contributed by atoms with Crippen LogP contribution in [0.25, 0.3) is 0 Å². The summed E-state index contributed by atoms with van der Waals surface area (Å²) in [7, 11) is 0. The summed E-state index contributed by atoms with van der Waals surface area (Å²) in [6.07, 6.45) is 2.70. The van der Waals surface area contributed by atoms with Crippen molar-refractivity contribution in [3.05, 3.63) is 0 Å². The second-order valence-corrected chi connectivity index (χ2v) is 9.27. The van der Waals surface area contributed by atoms with Gasteiger partial charge < -0.3 is 4.90 Å². The maximum Gasteiger partial charge on any atom is 0.0351 e. The molecule has 3 heteroatoms. The molecule has 124 valence electrons. The van der Waals surface area contributed by atoms with Crippen LogP contribution in [0.1, 0.15) is 54.4 Å². The van der Waals surface area contributed by atoms with Crippen molar-refractivity contribution >= 4 is 0 Å². The number of rotatable bonds is 4. The zero-order valence-electron chi connectivity index (χ0n) is 15.3. The first kappa shape index (κ1) is 17.2. The molecule has 2 aliphatic rings. The van der Waals surface area contributed by atoms with Crippen LogP contribution < -0.4 is 0 Å². The van der Waals surface area contributed by atoms with Crippen LogP contribution in [0.5, 0.6) is 0 Å². The molecule has 2 rings (SSSR count). The molecule has 0 saturated carbocycles. The molecule has 2 saturated heterocycles. The first-order valence-corrected chi connectivity index (χ1v) is 8.87. The van der Waals surface area contributed by atoms with Crippen LogP contribution in [0.3, 0.4) is 0 Å². The summed E-state index contributed by atoms with van der Waals surface area (Å²) in [6, 6.07) is 0.835. The number of nitrogens with zero attached hydrogens (tertiary/aromatic N) is 3. The normalized spacial score (nSPS) is 24.3. The zero-order valence-corrected chi connectivity index (χ0v) is 15.3. The molecular formula is C18H37N3. The summed E-state index contributed by atoms with van der Waals surface area (Å²) >= 11 is 0. The lowest BCUT2D eigenvalue weighted by molar-refractivity contribution is -0.0147. The summed E-state index contributed by atoms with van der Waals surface area (Å²) in [4.78, 5) is 8.00. The summed E-state index contributed by atoms with van der Waals surface area (Å²) in [5.74, 6) is 0. The van der Waals surface area contributed by atoms with Gasteiger partial charge in [0.15, 0.2) is 0 Å². The number of hydrogen-bond donors (Lipinski definition) is 0. The molecular weight excluding hydrogens is 258 g/mol. The zero-order chi connectivity index (χ0) is 15.7. The van der Waals surface area contributed by atoms with Crippen molar-refractivity contribution in [2.24, 2.45) is 5.41 Å². The Hall–Kier alpha value is -0.120. The predicted molar refractivity (Wildman–Crippen MR) is 91.8 cm³/mol. The molecule has 0 radical (unpaired) electrons. The lowest BCUT2D eigenvalue weighted by Gasteiger charge is -2.50. The lowest BCUT2D eigenvalue weighted by Crippen LogP contribution is -2.64. The fourth-order valence-electron chi connectivity index (χ4n) is 3.55. The Morgan fingerprint density at radius 2 is 1.43 bits per heavy atom. The van der Waals surface area contributed by atoms with E-state index in [2.05, 4.69) is 56.2 Å². The highest BCUT2D eigenvalue weighted by Gasteiger charge is 2.34. The van der Waals surface area contributed by atoms with Crippen molar-refractivity contribution < 1.29 is 0 Å². The number of likely N-dealkylation sites (tertiary alicyclic amines) is 1. The highest BCUT2D eigenvalue weighted by atomic mass is 15.4. The highest BCUT2D eigenvalue weighted by Crippen LogP contribution is 2.24. The van der Waals surface area contributed by atoms with Gasteiger partial charge in [0.05, 0.1) is 0 Å². The van der Waals surface area contributed by atoms with Gasteiger partial charge in [-0.05, 0) is 45.6 Å². The standard InChI is InChI=1S/C18H37N3/c1-17(2,3)8-7-9-19-14-16(15-19)20-10-12-21(13-11-20)18(4,5)6/h16H,7-15H2,1-6H3. The van der Waals surface area contributed by atoms with Gasteiger partial charge in [-0.25, -0.2) is 0 Å². The molecule has 21 heavy (non-hydrogen) atoms. The van der Waals surface area contributed by atoms with Gasteiger partial charge in [0, 0.05) is 50.8 Å². The van der Waals surface area contributed by atoms with E-state index in [1.165, 1.54) is 58.7 Å². The second-order valence-electron chi connectivity index (χ2n) is 9.27. The molecule has 0 spiro atoms. The van der Waals surface area contributed by atoms with E-state index in [1.807, 2.05) is 0 Å². The summed E-state index contributed by atoms with van der Waals surface area (Å²) < 4.78 is 0. The van der Waals surface area contributed by atoms with Gasteiger partial charge in [0.1, 0.15) is 0 Å². The highest BCUT2D eigenvalue weighted by molar-refractivity contribution is 4.92. The molecule has 0 aliphatic carbocycles. The van der Waals surface area contributed by atoms with Gasteiger partial charge in [-0.2, -0.15) is 0 Å². The molecule has 0 atom stereocenters. The van der Waals surface area contributed by atoms with E-state index in [1.54, 1.807) is 0 Å².